The molecule has 1 aliphatic heterocycles. The molecule has 11 heteroatoms. The van der Waals surface area contributed by atoms with Gasteiger partial charge in [-0.1, -0.05) is 23.9 Å². The zero-order valence-corrected chi connectivity index (χ0v) is 20.6. The van der Waals surface area contributed by atoms with Gasteiger partial charge in [0.05, 0.1) is 54.6 Å². The summed E-state index contributed by atoms with van der Waals surface area (Å²) in [6, 6.07) is 11.6. The number of imidazole rings is 1. The van der Waals surface area contributed by atoms with Crippen LogP contribution < -0.4 is 19.7 Å². The monoisotopic (exact) mass is 496 g/mol. The molecule has 0 radical (unpaired) electrons. The maximum absolute atomic E-state index is 12.9. The van der Waals surface area contributed by atoms with Crippen molar-refractivity contribution >= 4 is 45.9 Å². The fourth-order valence-electron chi connectivity index (χ4n) is 4.10. The summed E-state index contributed by atoms with van der Waals surface area (Å²) in [5, 5.41) is 10.9. The molecule has 0 atom stereocenters. The lowest BCUT2D eigenvalue weighted by Gasteiger charge is -2.31. The fourth-order valence-corrected chi connectivity index (χ4v) is 4.86. The van der Waals surface area contributed by atoms with Crippen LogP contribution in [0.3, 0.4) is 0 Å². The Kier molecular flexibility index (Phi) is 6.96. The minimum Gasteiger partial charge on any atom is -0.492 e. The van der Waals surface area contributed by atoms with Gasteiger partial charge in [-0.2, -0.15) is 0 Å². The van der Waals surface area contributed by atoms with Gasteiger partial charge in [0.1, 0.15) is 11.5 Å². The van der Waals surface area contributed by atoms with Gasteiger partial charge < -0.3 is 24.4 Å². The lowest BCUT2D eigenvalue weighted by molar-refractivity contribution is -0.113. The minimum atomic E-state index is -0.168. The summed E-state index contributed by atoms with van der Waals surface area (Å²) in [5.74, 6) is 1.97. The molecule has 0 bridgehead atoms. The van der Waals surface area contributed by atoms with Gasteiger partial charge in [0, 0.05) is 25.2 Å². The SMILES string of the molecule is CCOc1cc(N2CCOCC2)c(OCC)cc1NC(=O)CSc1n[nH]c2nc3ccccc3n12. The Morgan fingerprint density at radius 1 is 1.14 bits per heavy atom. The molecule has 0 unspecified atom stereocenters. The first-order valence-electron chi connectivity index (χ1n) is 11.7. The fraction of sp³-hybridized carbons (Fsp3) is 0.375. The summed E-state index contributed by atoms with van der Waals surface area (Å²) >= 11 is 1.34. The number of amides is 1. The molecule has 2 N–H and O–H groups in total. The number of H-pyrrole nitrogens is 1. The van der Waals surface area contributed by atoms with Crippen LogP contribution in [0, 0.1) is 0 Å². The second-order valence-electron chi connectivity index (χ2n) is 7.88. The van der Waals surface area contributed by atoms with Gasteiger partial charge in [0.15, 0.2) is 5.16 Å². The van der Waals surface area contributed by atoms with Crippen LogP contribution in [0.2, 0.25) is 0 Å². The lowest BCUT2D eigenvalue weighted by Crippen LogP contribution is -2.36. The van der Waals surface area contributed by atoms with E-state index in [1.807, 2.05) is 54.6 Å². The number of anilines is 2. The maximum Gasteiger partial charge on any atom is 0.234 e. The van der Waals surface area contributed by atoms with Crippen molar-refractivity contribution in [3.05, 3.63) is 36.4 Å². The number of carbonyl (C=O) groups excluding carboxylic acids is 1. The molecule has 1 amide bonds. The Hall–Kier alpha value is -3.44. The molecule has 5 rings (SSSR count). The molecular formula is C24H28N6O4S. The van der Waals surface area contributed by atoms with Crippen molar-refractivity contribution in [2.24, 2.45) is 0 Å². The highest BCUT2D eigenvalue weighted by Crippen LogP contribution is 2.39. The Labute approximate surface area is 206 Å². The largest absolute Gasteiger partial charge is 0.492 e. The third kappa shape index (κ3) is 4.87. The lowest BCUT2D eigenvalue weighted by atomic mass is 10.2. The Balaban J connectivity index is 1.35. The van der Waals surface area contributed by atoms with Crippen LogP contribution >= 0.6 is 11.8 Å². The van der Waals surface area contributed by atoms with Crippen molar-refractivity contribution in [3.63, 3.8) is 0 Å². The van der Waals surface area contributed by atoms with Crippen LogP contribution in [0.25, 0.3) is 16.8 Å². The van der Waals surface area contributed by atoms with Crippen LogP contribution in [0.4, 0.5) is 11.4 Å². The number of ether oxygens (including phenoxy) is 3. The molecular weight excluding hydrogens is 468 g/mol. The molecule has 1 fully saturated rings. The topological polar surface area (TPSA) is 106 Å². The standard InChI is InChI=1S/C24H28N6O4S/c1-3-33-20-14-19(29-9-11-32-12-10-29)21(34-4-2)13-17(20)25-22(31)15-35-24-28-27-23-26-16-7-5-6-8-18(16)30(23)24/h5-8,13-14H,3-4,9-12,15H2,1-2H3,(H,25,31)(H,26,27). The highest BCUT2D eigenvalue weighted by atomic mass is 32.2. The molecule has 2 aromatic carbocycles. The second-order valence-corrected chi connectivity index (χ2v) is 8.83. The predicted octanol–water partition coefficient (Wildman–Crippen LogP) is 3.58. The van der Waals surface area contributed by atoms with Gasteiger partial charge in [0.2, 0.25) is 11.7 Å². The number of benzene rings is 2. The molecule has 1 aliphatic rings. The van der Waals surface area contributed by atoms with Crippen molar-refractivity contribution < 1.29 is 19.0 Å². The van der Waals surface area contributed by atoms with E-state index in [0.717, 1.165) is 29.8 Å². The van der Waals surface area contributed by atoms with E-state index in [2.05, 4.69) is 25.4 Å². The maximum atomic E-state index is 12.9. The van der Waals surface area contributed by atoms with E-state index in [0.29, 0.717) is 54.5 Å². The van der Waals surface area contributed by atoms with E-state index in [-0.39, 0.29) is 11.7 Å². The number of hydrogen-bond donors (Lipinski definition) is 2. The van der Waals surface area contributed by atoms with E-state index in [4.69, 9.17) is 14.2 Å². The number of morpholine rings is 1. The summed E-state index contributed by atoms with van der Waals surface area (Å²) in [6.45, 7) is 7.74. The highest BCUT2D eigenvalue weighted by Gasteiger charge is 2.21. The number of hydrogen-bond acceptors (Lipinski definition) is 8. The van der Waals surface area contributed by atoms with E-state index < -0.39 is 0 Å². The van der Waals surface area contributed by atoms with Gasteiger partial charge in [-0.3, -0.25) is 9.20 Å². The zero-order valence-electron chi connectivity index (χ0n) is 19.7. The number of nitrogens with one attached hydrogen (secondary N) is 2. The van der Waals surface area contributed by atoms with Crippen molar-refractivity contribution in [1.82, 2.24) is 19.6 Å². The molecule has 3 heterocycles. The number of carbonyl (C=O) groups is 1. The molecule has 184 valence electrons. The number of fused-ring (bicyclic) bond motifs is 3. The van der Waals surface area contributed by atoms with Crippen LogP contribution in [-0.2, 0) is 9.53 Å². The molecule has 0 aliphatic carbocycles. The van der Waals surface area contributed by atoms with Gasteiger partial charge in [-0.15, -0.1) is 5.10 Å². The van der Waals surface area contributed by atoms with E-state index in [1.54, 1.807) is 0 Å². The molecule has 4 aromatic rings. The van der Waals surface area contributed by atoms with Crippen LogP contribution in [0.1, 0.15) is 13.8 Å². The highest BCUT2D eigenvalue weighted by molar-refractivity contribution is 7.99. The second kappa shape index (κ2) is 10.4. The van der Waals surface area contributed by atoms with Crippen molar-refractivity contribution in [2.75, 3.05) is 55.5 Å². The van der Waals surface area contributed by atoms with Gasteiger partial charge in [-0.05, 0) is 26.0 Å². The van der Waals surface area contributed by atoms with Gasteiger partial charge >= 0.3 is 0 Å². The third-order valence-electron chi connectivity index (χ3n) is 5.62. The molecule has 0 saturated carbocycles. The summed E-state index contributed by atoms with van der Waals surface area (Å²) in [6.07, 6.45) is 0. The zero-order chi connectivity index (χ0) is 24.2. The number of thioether (sulfide) groups is 1. The first-order chi connectivity index (χ1) is 17.2. The van der Waals surface area contributed by atoms with E-state index in [1.165, 1.54) is 11.8 Å². The van der Waals surface area contributed by atoms with Crippen molar-refractivity contribution in [1.29, 1.82) is 0 Å². The summed E-state index contributed by atoms with van der Waals surface area (Å²) in [4.78, 5) is 19.7. The van der Waals surface area contributed by atoms with E-state index >= 15 is 0 Å². The van der Waals surface area contributed by atoms with Gasteiger partial charge in [-0.25, -0.2) is 10.1 Å². The Morgan fingerprint density at radius 2 is 1.91 bits per heavy atom. The van der Waals surface area contributed by atoms with Crippen molar-refractivity contribution in [2.45, 2.75) is 19.0 Å². The van der Waals surface area contributed by atoms with Crippen LogP contribution in [-0.4, -0.2) is 70.8 Å². The normalized spacial score (nSPS) is 13.9. The minimum absolute atomic E-state index is 0.168. The number of aromatic nitrogens is 4. The number of para-hydroxylation sites is 2. The van der Waals surface area contributed by atoms with E-state index in [9.17, 15) is 4.79 Å². The quantitative estimate of drug-likeness (QED) is 0.339. The number of nitrogens with zero attached hydrogens (tertiary/aromatic N) is 4. The van der Waals surface area contributed by atoms with Gasteiger partial charge in [0.25, 0.3) is 0 Å². The first kappa shape index (κ1) is 23.3. The average Bonchev–Trinajstić information content (AvgIpc) is 3.44. The summed E-state index contributed by atoms with van der Waals surface area (Å²) in [7, 11) is 0. The Bertz CT molecular complexity index is 1330. The number of aromatic amines is 1. The van der Waals surface area contributed by atoms with Crippen LogP contribution in [0.5, 0.6) is 11.5 Å². The number of rotatable bonds is 9. The Morgan fingerprint density at radius 3 is 2.71 bits per heavy atom. The molecule has 2 aromatic heterocycles. The molecule has 35 heavy (non-hydrogen) atoms. The van der Waals surface area contributed by atoms with Crippen LogP contribution in [0.15, 0.2) is 41.6 Å². The smallest absolute Gasteiger partial charge is 0.234 e. The summed E-state index contributed by atoms with van der Waals surface area (Å²) in [5.41, 5.74) is 3.34. The molecule has 0 spiro atoms. The van der Waals surface area contributed by atoms with Crippen molar-refractivity contribution in [3.8, 4) is 11.5 Å². The molecule has 10 nitrogen and oxygen atoms in total. The third-order valence-corrected chi connectivity index (χ3v) is 6.56. The molecule has 1 saturated heterocycles. The average molecular weight is 497 g/mol. The summed E-state index contributed by atoms with van der Waals surface area (Å²) < 4.78 is 19.2. The predicted molar refractivity (Wildman–Crippen MR) is 136 cm³/mol. The first-order valence-corrected chi connectivity index (χ1v) is 12.7.